The van der Waals surface area contributed by atoms with E-state index in [9.17, 15) is 0 Å². The number of benzene rings is 1. The zero-order valence-electron chi connectivity index (χ0n) is 10.5. The molecule has 2 heterocycles. The number of hydrogen-bond donors (Lipinski definition) is 1. The first-order chi connectivity index (χ1) is 8.74. The van der Waals surface area contributed by atoms with Crippen LogP contribution >= 0.6 is 0 Å². The van der Waals surface area contributed by atoms with Crippen LogP contribution in [0.5, 0.6) is 5.75 Å². The minimum absolute atomic E-state index is 0.442. The largest absolute Gasteiger partial charge is 0.495 e. The molecule has 0 aliphatic rings. The summed E-state index contributed by atoms with van der Waals surface area (Å²) in [5.41, 5.74) is 9.68. The second-order valence-electron chi connectivity index (χ2n) is 4.35. The zero-order valence-corrected chi connectivity index (χ0v) is 10.5. The lowest BCUT2D eigenvalue weighted by Gasteiger charge is -2.09. The van der Waals surface area contributed by atoms with Crippen molar-refractivity contribution < 1.29 is 4.74 Å². The molecule has 0 radical (unpaired) electrons. The molecule has 0 saturated heterocycles. The van der Waals surface area contributed by atoms with Crippen LogP contribution in [-0.2, 0) is 6.54 Å². The normalized spacial score (nSPS) is 11.3. The predicted molar refractivity (Wildman–Crippen MR) is 71.9 cm³/mol. The lowest BCUT2D eigenvalue weighted by atomic mass is 10.1. The van der Waals surface area contributed by atoms with E-state index in [1.54, 1.807) is 7.11 Å². The van der Waals surface area contributed by atoms with E-state index in [2.05, 4.69) is 24.0 Å². The van der Waals surface area contributed by atoms with Crippen molar-refractivity contribution in [3.05, 3.63) is 41.7 Å². The Morgan fingerprint density at radius 1 is 1.39 bits per heavy atom. The van der Waals surface area contributed by atoms with E-state index in [-0.39, 0.29) is 0 Å². The summed E-state index contributed by atoms with van der Waals surface area (Å²) in [6.07, 6.45) is 1.97. The number of methoxy groups -OCH3 is 1. The number of hydrogen-bond acceptors (Lipinski definition) is 3. The number of rotatable bonds is 2. The Kier molecular flexibility index (Phi) is 2.45. The monoisotopic (exact) mass is 241 g/mol. The van der Waals surface area contributed by atoms with Crippen molar-refractivity contribution in [1.82, 2.24) is 9.38 Å². The lowest BCUT2D eigenvalue weighted by Crippen LogP contribution is -1.95. The van der Waals surface area contributed by atoms with E-state index in [0.717, 1.165) is 22.6 Å². The summed E-state index contributed by atoms with van der Waals surface area (Å²) in [4.78, 5) is 4.50. The van der Waals surface area contributed by atoms with Gasteiger partial charge in [0.15, 0.2) is 0 Å². The van der Waals surface area contributed by atoms with Crippen LogP contribution in [0.1, 0.15) is 11.3 Å². The molecule has 2 N–H and O–H groups in total. The smallest absolute Gasteiger partial charge is 0.143 e. The Morgan fingerprint density at radius 3 is 2.94 bits per heavy atom. The molecule has 0 atom stereocenters. The number of nitrogens with two attached hydrogens (primary N) is 1. The molecule has 2 aromatic heterocycles. The molecule has 0 fully saturated rings. The van der Waals surface area contributed by atoms with Crippen molar-refractivity contribution in [2.24, 2.45) is 5.73 Å². The lowest BCUT2D eigenvalue weighted by molar-refractivity contribution is 0.418. The van der Waals surface area contributed by atoms with Gasteiger partial charge in [-0.25, -0.2) is 4.98 Å². The van der Waals surface area contributed by atoms with Gasteiger partial charge in [0.05, 0.1) is 18.3 Å². The maximum absolute atomic E-state index is 5.66. The summed E-state index contributed by atoms with van der Waals surface area (Å²) in [5.74, 6) is 0.849. The van der Waals surface area contributed by atoms with Gasteiger partial charge in [-0.1, -0.05) is 12.1 Å². The SMILES string of the molecule is COc1cccc2c(C)cc3nc(CN)cn3c12. The third kappa shape index (κ3) is 1.46. The van der Waals surface area contributed by atoms with Crippen molar-refractivity contribution in [3.63, 3.8) is 0 Å². The van der Waals surface area contributed by atoms with E-state index in [1.165, 1.54) is 10.9 Å². The van der Waals surface area contributed by atoms with Gasteiger partial charge in [0, 0.05) is 18.1 Å². The summed E-state index contributed by atoms with van der Waals surface area (Å²) in [6, 6.07) is 8.12. The van der Waals surface area contributed by atoms with Gasteiger partial charge in [-0.15, -0.1) is 0 Å². The van der Waals surface area contributed by atoms with E-state index in [1.807, 2.05) is 22.7 Å². The van der Waals surface area contributed by atoms with Gasteiger partial charge in [0.2, 0.25) is 0 Å². The molecule has 0 bridgehead atoms. The zero-order chi connectivity index (χ0) is 12.7. The van der Waals surface area contributed by atoms with Gasteiger partial charge in [-0.3, -0.25) is 4.40 Å². The summed E-state index contributed by atoms with van der Waals surface area (Å²) >= 11 is 0. The third-order valence-corrected chi connectivity index (χ3v) is 3.22. The highest BCUT2D eigenvalue weighted by molar-refractivity contribution is 5.90. The van der Waals surface area contributed by atoms with Crippen molar-refractivity contribution in [3.8, 4) is 5.75 Å². The van der Waals surface area contributed by atoms with Gasteiger partial charge >= 0.3 is 0 Å². The van der Waals surface area contributed by atoms with Crippen molar-refractivity contribution in [2.75, 3.05) is 7.11 Å². The van der Waals surface area contributed by atoms with Crippen molar-refractivity contribution >= 4 is 16.6 Å². The molecule has 4 heteroatoms. The van der Waals surface area contributed by atoms with Crippen LogP contribution in [0.3, 0.4) is 0 Å². The number of ether oxygens (including phenoxy) is 1. The molecule has 0 amide bonds. The molecule has 3 rings (SSSR count). The fourth-order valence-corrected chi connectivity index (χ4v) is 2.35. The highest BCUT2D eigenvalue weighted by atomic mass is 16.5. The summed E-state index contributed by atoms with van der Waals surface area (Å²) in [6.45, 7) is 2.52. The van der Waals surface area contributed by atoms with Crippen LogP contribution in [0.15, 0.2) is 30.5 Å². The number of para-hydroxylation sites is 1. The first-order valence-electron chi connectivity index (χ1n) is 5.89. The molecule has 0 aliphatic carbocycles. The topological polar surface area (TPSA) is 52.5 Å². The Balaban J connectivity index is 2.53. The van der Waals surface area contributed by atoms with Crippen molar-refractivity contribution in [2.45, 2.75) is 13.5 Å². The van der Waals surface area contributed by atoms with Crippen LogP contribution in [0.25, 0.3) is 16.6 Å². The van der Waals surface area contributed by atoms with Gasteiger partial charge in [-0.2, -0.15) is 0 Å². The maximum atomic E-state index is 5.66. The van der Waals surface area contributed by atoms with Crippen LogP contribution in [-0.4, -0.2) is 16.5 Å². The summed E-state index contributed by atoms with van der Waals surface area (Å²) in [5, 5.41) is 1.17. The van der Waals surface area contributed by atoms with Crippen LogP contribution in [0.2, 0.25) is 0 Å². The number of pyridine rings is 1. The molecule has 1 aromatic carbocycles. The van der Waals surface area contributed by atoms with E-state index < -0.39 is 0 Å². The molecule has 0 saturated carbocycles. The highest BCUT2D eigenvalue weighted by Gasteiger charge is 2.10. The molecular weight excluding hydrogens is 226 g/mol. The van der Waals surface area contributed by atoms with Gasteiger partial charge < -0.3 is 10.5 Å². The Labute approximate surface area is 105 Å². The Hall–Kier alpha value is -2.07. The Bertz CT molecular complexity index is 731. The average Bonchev–Trinajstić information content (AvgIpc) is 2.81. The fraction of sp³-hybridized carbons (Fsp3) is 0.214. The quantitative estimate of drug-likeness (QED) is 0.748. The first kappa shape index (κ1) is 11.0. The average molecular weight is 241 g/mol. The molecular formula is C14H15N3O. The molecule has 0 spiro atoms. The fourth-order valence-electron chi connectivity index (χ4n) is 2.35. The predicted octanol–water partition coefficient (Wildman–Crippen LogP) is 2.26. The van der Waals surface area contributed by atoms with E-state index in [4.69, 9.17) is 10.5 Å². The molecule has 4 nitrogen and oxygen atoms in total. The van der Waals surface area contributed by atoms with Crippen LogP contribution in [0.4, 0.5) is 0 Å². The first-order valence-corrected chi connectivity index (χ1v) is 5.89. The maximum Gasteiger partial charge on any atom is 0.143 e. The molecule has 3 aromatic rings. The minimum atomic E-state index is 0.442. The highest BCUT2D eigenvalue weighted by Crippen LogP contribution is 2.29. The third-order valence-electron chi connectivity index (χ3n) is 3.22. The second-order valence-corrected chi connectivity index (χ2v) is 4.35. The van der Waals surface area contributed by atoms with Gasteiger partial charge in [-0.05, 0) is 24.6 Å². The number of imidazole rings is 1. The van der Waals surface area contributed by atoms with Crippen LogP contribution < -0.4 is 10.5 Å². The summed E-state index contributed by atoms with van der Waals surface area (Å²) < 4.78 is 7.50. The molecule has 0 unspecified atom stereocenters. The second kappa shape index (κ2) is 3.99. The van der Waals surface area contributed by atoms with Crippen molar-refractivity contribution in [1.29, 1.82) is 0 Å². The van der Waals surface area contributed by atoms with E-state index in [0.29, 0.717) is 6.54 Å². The Morgan fingerprint density at radius 2 is 2.22 bits per heavy atom. The van der Waals surface area contributed by atoms with E-state index >= 15 is 0 Å². The van der Waals surface area contributed by atoms with Gasteiger partial charge in [0.25, 0.3) is 0 Å². The number of fused-ring (bicyclic) bond motifs is 3. The number of aromatic nitrogens is 2. The number of nitrogens with zero attached hydrogens (tertiary/aromatic N) is 2. The minimum Gasteiger partial charge on any atom is -0.495 e. The van der Waals surface area contributed by atoms with Crippen LogP contribution in [0, 0.1) is 6.92 Å². The standard InChI is InChI=1S/C14H15N3O/c1-9-6-13-16-10(7-15)8-17(13)14-11(9)4-3-5-12(14)18-2/h3-6,8H,7,15H2,1-2H3. The molecule has 0 aliphatic heterocycles. The molecule has 18 heavy (non-hydrogen) atoms. The number of aryl methyl sites for hydroxylation is 1. The van der Waals surface area contributed by atoms with Gasteiger partial charge in [0.1, 0.15) is 11.4 Å². The molecule has 92 valence electrons. The summed E-state index contributed by atoms with van der Waals surface area (Å²) in [7, 11) is 1.68.